The average Bonchev–Trinajstić information content (AvgIpc) is 3.00. The molecule has 0 spiro atoms. The average molecular weight is 294 g/mol. The molecule has 0 amide bonds. The second kappa shape index (κ2) is 5.28. The number of nitrogens with zero attached hydrogens (tertiary/aromatic N) is 3. The number of methoxy groups -OCH3 is 1. The molecule has 0 aliphatic carbocycles. The fourth-order valence-electron chi connectivity index (χ4n) is 1.98. The normalized spacial score (nSPS) is 11.3. The fourth-order valence-corrected chi connectivity index (χ4v) is 3.02. The van der Waals surface area contributed by atoms with Crippen LogP contribution in [0.15, 0.2) is 30.5 Å². The van der Waals surface area contributed by atoms with Crippen LogP contribution in [0.4, 0.5) is 0 Å². The first kappa shape index (κ1) is 12.6. The van der Waals surface area contributed by atoms with Gasteiger partial charge in [-0.25, -0.2) is 9.97 Å². The summed E-state index contributed by atoms with van der Waals surface area (Å²) in [5.74, 6) is 0.891. The molecule has 0 bridgehead atoms. The number of halogens is 1. The molecule has 0 N–H and O–H groups in total. The predicted octanol–water partition coefficient (Wildman–Crippen LogP) is 3.46. The maximum Gasteiger partial charge on any atom is 0.160 e. The first-order chi connectivity index (χ1) is 9.29. The molecular weight excluding hydrogens is 282 g/mol. The van der Waals surface area contributed by atoms with Crippen molar-refractivity contribution in [2.75, 3.05) is 13.7 Å². The van der Waals surface area contributed by atoms with Gasteiger partial charge in [-0.1, -0.05) is 11.6 Å². The Morgan fingerprint density at radius 1 is 1.37 bits per heavy atom. The molecule has 19 heavy (non-hydrogen) atoms. The van der Waals surface area contributed by atoms with Gasteiger partial charge < -0.3 is 9.30 Å². The summed E-state index contributed by atoms with van der Waals surface area (Å²) in [4.78, 5) is 10.1. The van der Waals surface area contributed by atoms with Gasteiger partial charge in [0.15, 0.2) is 11.5 Å². The van der Waals surface area contributed by atoms with E-state index in [-0.39, 0.29) is 0 Å². The Hall–Kier alpha value is -1.43. The van der Waals surface area contributed by atoms with E-state index in [1.54, 1.807) is 13.3 Å². The van der Waals surface area contributed by atoms with Crippen LogP contribution < -0.4 is 0 Å². The number of fused-ring (bicyclic) bond motifs is 1. The second-order valence-corrected chi connectivity index (χ2v) is 5.74. The number of hydrogen-bond donors (Lipinski definition) is 0. The van der Waals surface area contributed by atoms with E-state index in [0.717, 1.165) is 32.7 Å². The van der Waals surface area contributed by atoms with Crippen molar-refractivity contribution in [3.63, 3.8) is 0 Å². The Balaban J connectivity index is 2.16. The van der Waals surface area contributed by atoms with E-state index in [1.165, 1.54) is 11.3 Å². The first-order valence-corrected chi connectivity index (χ1v) is 7.05. The van der Waals surface area contributed by atoms with Crippen LogP contribution in [0.1, 0.15) is 0 Å². The topological polar surface area (TPSA) is 39.9 Å². The summed E-state index contributed by atoms with van der Waals surface area (Å²) in [6.45, 7) is 1.34. The smallest absolute Gasteiger partial charge is 0.160 e. The number of pyridine rings is 1. The minimum atomic E-state index is 0.619. The molecule has 4 nitrogen and oxygen atoms in total. The summed E-state index contributed by atoms with van der Waals surface area (Å²) < 4.78 is 7.99. The molecule has 0 unspecified atom stereocenters. The van der Waals surface area contributed by atoms with Gasteiger partial charge in [0.25, 0.3) is 0 Å². The Labute approximate surface area is 119 Å². The summed E-state index contributed by atoms with van der Waals surface area (Å²) in [5, 5.41) is 0. The highest BCUT2D eigenvalue weighted by Crippen LogP contribution is 2.32. The molecule has 3 rings (SSSR count). The summed E-state index contributed by atoms with van der Waals surface area (Å²) in [6, 6.07) is 7.72. The molecule has 0 atom stereocenters. The van der Waals surface area contributed by atoms with Crippen molar-refractivity contribution in [3.05, 3.63) is 34.8 Å². The third-order valence-electron chi connectivity index (χ3n) is 2.82. The van der Waals surface area contributed by atoms with E-state index in [1.807, 2.05) is 24.3 Å². The summed E-state index contributed by atoms with van der Waals surface area (Å²) in [7, 11) is 1.69. The first-order valence-electron chi connectivity index (χ1n) is 5.85. The van der Waals surface area contributed by atoms with Gasteiger partial charge in [0.1, 0.15) is 5.52 Å². The van der Waals surface area contributed by atoms with Gasteiger partial charge in [0.05, 0.1) is 15.8 Å². The molecule has 0 aromatic carbocycles. The SMILES string of the molecule is COCCn1c(-c2ccc(Cl)s2)nc2cccnc21. The van der Waals surface area contributed by atoms with Crippen molar-refractivity contribution in [1.82, 2.24) is 14.5 Å². The van der Waals surface area contributed by atoms with E-state index in [4.69, 9.17) is 16.3 Å². The molecule has 0 aliphatic heterocycles. The van der Waals surface area contributed by atoms with Crippen LogP contribution in [0.2, 0.25) is 4.34 Å². The van der Waals surface area contributed by atoms with Crippen LogP contribution in [0.25, 0.3) is 21.9 Å². The van der Waals surface area contributed by atoms with Gasteiger partial charge in [-0.2, -0.15) is 0 Å². The number of rotatable bonds is 4. The zero-order chi connectivity index (χ0) is 13.2. The lowest BCUT2D eigenvalue weighted by Crippen LogP contribution is -2.06. The highest BCUT2D eigenvalue weighted by atomic mass is 35.5. The summed E-state index contributed by atoms with van der Waals surface area (Å²) in [6.07, 6.45) is 1.78. The summed E-state index contributed by atoms with van der Waals surface area (Å²) >= 11 is 7.52. The van der Waals surface area contributed by atoms with Crippen LogP contribution in [0.3, 0.4) is 0 Å². The standard InChI is InChI=1S/C13H12ClN3OS/c1-18-8-7-17-12-9(3-2-6-15-12)16-13(17)10-4-5-11(14)19-10/h2-6H,7-8H2,1H3. The van der Waals surface area contributed by atoms with Gasteiger partial charge >= 0.3 is 0 Å². The molecule has 0 saturated heterocycles. The maximum absolute atomic E-state index is 6.01. The van der Waals surface area contributed by atoms with E-state index < -0.39 is 0 Å². The predicted molar refractivity (Wildman–Crippen MR) is 77.7 cm³/mol. The molecule has 3 heterocycles. The number of thiophene rings is 1. The highest BCUT2D eigenvalue weighted by molar-refractivity contribution is 7.19. The zero-order valence-electron chi connectivity index (χ0n) is 10.3. The third-order valence-corrected chi connectivity index (χ3v) is 4.04. The van der Waals surface area contributed by atoms with Gasteiger partial charge in [0, 0.05) is 19.9 Å². The molecule has 6 heteroatoms. The number of ether oxygens (including phenoxy) is 1. The minimum Gasteiger partial charge on any atom is -0.383 e. The lowest BCUT2D eigenvalue weighted by molar-refractivity contribution is 0.188. The van der Waals surface area contributed by atoms with Gasteiger partial charge in [0.2, 0.25) is 0 Å². The van der Waals surface area contributed by atoms with Crippen molar-refractivity contribution in [1.29, 1.82) is 0 Å². The van der Waals surface area contributed by atoms with E-state index >= 15 is 0 Å². The Morgan fingerprint density at radius 2 is 2.26 bits per heavy atom. The van der Waals surface area contributed by atoms with E-state index in [0.29, 0.717) is 6.61 Å². The Bertz CT molecular complexity index is 707. The Morgan fingerprint density at radius 3 is 3.00 bits per heavy atom. The lowest BCUT2D eigenvalue weighted by Gasteiger charge is -2.06. The molecule has 3 aromatic rings. The Kier molecular flexibility index (Phi) is 3.50. The van der Waals surface area contributed by atoms with Crippen LogP contribution in [0.5, 0.6) is 0 Å². The second-order valence-electron chi connectivity index (χ2n) is 4.03. The molecule has 0 saturated carbocycles. The molecule has 0 aliphatic rings. The lowest BCUT2D eigenvalue weighted by atomic mass is 10.4. The molecule has 0 radical (unpaired) electrons. The van der Waals surface area contributed by atoms with Crippen molar-refractivity contribution >= 4 is 34.1 Å². The largest absolute Gasteiger partial charge is 0.383 e. The maximum atomic E-state index is 6.01. The third kappa shape index (κ3) is 2.36. The zero-order valence-corrected chi connectivity index (χ0v) is 11.9. The monoisotopic (exact) mass is 293 g/mol. The van der Waals surface area contributed by atoms with Gasteiger partial charge in [-0.15, -0.1) is 11.3 Å². The number of imidazole rings is 1. The number of aromatic nitrogens is 3. The quantitative estimate of drug-likeness (QED) is 0.739. The number of hydrogen-bond acceptors (Lipinski definition) is 4. The summed E-state index contributed by atoms with van der Waals surface area (Å²) in [5.41, 5.74) is 1.76. The van der Waals surface area contributed by atoms with E-state index in [2.05, 4.69) is 14.5 Å². The van der Waals surface area contributed by atoms with Gasteiger partial charge in [-0.05, 0) is 24.3 Å². The van der Waals surface area contributed by atoms with Crippen LogP contribution in [-0.4, -0.2) is 28.3 Å². The molecule has 0 fully saturated rings. The van der Waals surface area contributed by atoms with Crippen molar-refractivity contribution in [2.24, 2.45) is 0 Å². The molecule has 3 aromatic heterocycles. The van der Waals surface area contributed by atoms with Crippen LogP contribution in [-0.2, 0) is 11.3 Å². The van der Waals surface area contributed by atoms with Crippen LogP contribution in [0, 0.1) is 0 Å². The fraction of sp³-hybridized carbons (Fsp3) is 0.231. The van der Waals surface area contributed by atoms with Crippen molar-refractivity contribution in [2.45, 2.75) is 6.54 Å². The van der Waals surface area contributed by atoms with Crippen molar-refractivity contribution in [3.8, 4) is 10.7 Å². The molecular formula is C13H12ClN3OS. The highest BCUT2D eigenvalue weighted by Gasteiger charge is 2.14. The van der Waals surface area contributed by atoms with E-state index in [9.17, 15) is 0 Å². The van der Waals surface area contributed by atoms with Crippen LogP contribution >= 0.6 is 22.9 Å². The van der Waals surface area contributed by atoms with Crippen molar-refractivity contribution < 1.29 is 4.74 Å². The molecule has 98 valence electrons. The van der Waals surface area contributed by atoms with Gasteiger partial charge in [-0.3, -0.25) is 0 Å². The minimum absolute atomic E-state index is 0.619.